The normalized spacial score (nSPS) is 20.8. The van der Waals surface area contributed by atoms with E-state index in [0.717, 1.165) is 24.8 Å². The van der Waals surface area contributed by atoms with Crippen LogP contribution >= 0.6 is 0 Å². The monoisotopic (exact) mass is 336 g/mol. The zero-order valence-electron chi connectivity index (χ0n) is 13.6. The highest BCUT2D eigenvalue weighted by atomic mass is 32.2. The van der Waals surface area contributed by atoms with E-state index in [0.29, 0.717) is 37.5 Å². The summed E-state index contributed by atoms with van der Waals surface area (Å²) < 4.78 is 27.1. The Hall–Kier alpha value is -1.40. The predicted octanol–water partition coefficient (Wildman–Crippen LogP) is 2.02. The molecule has 3 rings (SSSR count). The van der Waals surface area contributed by atoms with E-state index in [1.807, 2.05) is 17.9 Å². The Morgan fingerprint density at radius 2 is 1.87 bits per heavy atom. The zero-order chi connectivity index (χ0) is 16.4. The maximum atomic E-state index is 12.8. The highest BCUT2D eigenvalue weighted by molar-refractivity contribution is 7.89. The van der Waals surface area contributed by atoms with Crippen molar-refractivity contribution in [1.82, 2.24) is 9.21 Å². The third kappa shape index (κ3) is 3.43. The standard InChI is InChI=1S/C17H24N2O3S/c1-14-5-2-8-16(13-14)23(21,22)19-10-4-9-18(11-12-19)17(20)15-6-3-7-15/h2,5,8,13,15H,3-4,6-7,9-12H2,1H3. The highest BCUT2D eigenvalue weighted by Crippen LogP contribution is 2.29. The number of benzene rings is 1. The van der Waals surface area contributed by atoms with Crippen LogP contribution in [0.25, 0.3) is 0 Å². The second-order valence-electron chi connectivity index (χ2n) is 6.53. The summed E-state index contributed by atoms with van der Waals surface area (Å²) in [5.74, 6) is 0.390. The Kier molecular flexibility index (Phi) is 4.73. The summed E-state index contributed by atoms with van der Waals surface area (Å²) in [7, 11) is -3.47. The van der Waals surface area contributed by atoms with E-state index in [4.69, 9.17) is 0 Å². The Balaban J connectivity index is 1.70. The lowest BCUT2D eigenvalue weighted by molar-refractivity contribution is -0.138. The van der Waals surface area contributed by atoms with Crippen LogP contribution in [0, 0.1) is 12.8 Å². The van der Waals surface area contributed by atoms with Gasteiger partial charge in [0, 0.05) is 32.1 Å². The van der Waals surface area contributed by atoms with Crippen molar-refractivity contribution in [3.8, 4) is 0 Å². The molecule has 0 bridgehead atoms. The lowest BCUT2D eigenvalue weighted by atomic mass is 9.84. The van der Waals surface area contributed by atoms with Crippen LogP contribution in [0.15, 0.2) is 29.2 Å². The van der Waals surface area contributed by atoms with Gasteiger partial charge in [-0.3, -0.25) is 4.79 Å². The van der Waals surface area contributed by atoms with Crippen LogP contribution in [0.4, 0.5) is 0 Å². The largest absolute Gasteiger partial charge is 0.341 e. The summed E-state index contributed by atoms with van der Waals surface area (Å²) in [6, 6.07) is 7.01. The van der Waals surface area contributed by atoms with Crippen LogP contribution < -0.4 is 0 Å². The third-order valence-electron chi connectivity index (χ3n) is 4.85. The molecule has 0 spiro atoms. The minimum atomic E-state index is -3.47. The first-order valence-corrected chi connectivity index (χ1v) is 9.78. The van der Waals surface area contributed by atoms with Crippen LogP contribution in [0.3, 0.4) is 0 Å². The molecule has 1 heterocycles. The van der Waals surface area contributed by atoms with Crippen molar-refractivity contribution in [2.75, 3.05) is 26.2 Å². The Bertz CT molecular complexity index is 683. The van der Waals surface area contributed by atoms with E-state index in [1.165, 1.54) is 4.31 Å². The van der Waals surface area contributed by atoms with E-state index in [1.54, 1.807) is 18.2 Å². The lowest BCUT2D eigenvalue weighted by Gasteiger charge is -2.31. The van der Waals surface area contributed by atoms with Crippen LogP contribution in [0.5, 0.6) is 0 Å². The molecule has 1 saturated heterocycles. The van der Waals surface area contributed by atoms with Gasteiger partial charge in [0.1, 0.15) is 0 Å². The van der Waals surface area contributed by atoms with Crippen LogP contribution in [0.2, 0.25) is 0 Å². The number of carbonyl (C=O) groups excluding carboxylic acids is 1. The SMILES string of the molecule is Cc1cccc(S(=O)(=O)N2CCCN(C(=O)C3CCC3)CC2)c1. The number of hydrogen-bond donors (Lipinski definition) is 0. The fourth-order valence-corrected chi connectivity index (χ4v) is 4.77. The molecule has 2 aliphatic rings. The summed E-state index contributed by atoms with van der Waals surface area (Å²) in [4.78, 5) is 14.6. The summed E-state index contributed by atoms with van der Waals surface area (Å²) in [5.41, 5.74) is 0.933. The smallest absolute Gasteiger partial charge is 0.243 e. The first-order chi connectivity index (χ1) is 11.0. The summed E-state index contributed by atoms with van der Waals surface area (Å²) in [6.07, 6.45) is 3.81. The van der Waals surface area contributed by atoms with E-state index in [2.05, 4.69) is 0 Å². The van der Waals surface area contributed by atoms with Gasteiger partial charge in [-0.15, -0.1) is 0 Å². The first-order valence-electron chi connectivity index (χ1n) is 8.34. The number of carbonyl (C=O) groups is 1. The van der Waals surface area contributed by atoms with E-state index >= 15 is 0 Å². The quantitative estimate of drug-likeness (QED) is 0.848. The number of sulfonamides is 1. The van der Waals surface area contributed by atoms with Gasteiger partial charge in [0.15, 0.2) is 0 Å². The summed E-state index contributed by atoms with van der Waals surface area (Å²) in [5, 5.41) is 0. The molecule has 126 valence electrons. The van der Waals surface area contributed by atoms with E-state index in [-0.39, 0.29) is 11.8 Å². The number of hydrogen-bond acceptors (Lipinski definition) is 3. The number of aryl methyl sites for hydroxylation is 1. The molecule has 23 heavy (non-hydrogen) atoms. The topological polar surface area (TPSA) is 57.7 Å². The molecule has 1 aliphatic carbocycles. The van der Waals surface area contributed by atoms with Gasteiger partial charge in [0.2, 0.25) is 15.9 Å². The summed E-state index contributed by atoms with van der Waals surface area (Å²) >= 11 is 0. The zero-order valence-corrected chi connectivity index (χ0v) is 14.4. The van der Waals surface area contributed by atoms with Crippen LogP contribution in [-0.4, -0.2) is 49.7 Å². The maximum Gasteiger partial charge on any atom is 0.243 e. The van der Waals surface area contributed by atoms with Crippen molar-refractivity contribution in [3.05, 3.63) is 29.8 Å². The molecule has 0 aromatic heterocycles. The molecule has 1 aromatic rings. The van der Waals surface area contributed by atoms with Gasteiger partial charge < -0.3 is 4.90 Å². The number of rotatable bonds is 3. The van der Waals surface area contributed by atoms with Gasteiger partial charge in [-0.05, 0) is 43.9 Å². The highest BCUT2D eigenvalue weighted by Gasteiger charge is 2.32. The molecule has 1 saturated carbocycles. The molecular formula is C17H24N2O3S. The predicted molar refractivity (Wildman–Crippen MR) is 88.5 cm³/mol. The molecule has 2 fully saturated rings. The third-order valence-corrected chi connectivity index (χ3v) is 6.74. The average molecular weight is 336 g/mol. The molecule has 0 atom stereocenters. The van der Waals surface area contributed by atoms with Crippen molar-refractivity contribution in [2.24, 2.45) is 5.92 Å². The molecule has 0 radical (unpaired) electrons. The Morgan fingerprint density at radius 1 is 1.09 bits per heavy atom. The molecular weight excluding hydrogens is 312 g/mol. The van der Waals surface area contributed by atoms with E-state index < -0.39 is 10.0 Å². The van der Waals surface area contributed by atoms with Crippen LogP contribution in [0.1, 0.15) is 31.2 Å². The summed E-state index contributed by atoms with van der Waals surface area (Å²) in [6.45, 7) is 3.91. The Morgan fingerprint density at radius 3 is 2.52 bits per heavy atom. The van der Waals surface area contributed by atoms with Crippen molar-refractivity contribution < 1.29 is 13.2 Å². The maximum absolute atomic E-state index is 12.8. The van der Waals surface area contributed by atoms with Gasteiger partial charge in [0.25, 0.3) is 0 Å². The van der Waals surface area contributed by atoms with Crippen molar-refractivity contribution in [1.29, 1.82) is 0 Å². The van der Waals surface area contributed by atoms with Gasteiger partial charge >= 0.3 is 0 Å². The second-order valence-corrected chi connectivity index (χ2v) is 8.47. The second kappa shape index (κ2) is 6.61. The van der Waals surface area contributed by atoms with Gasteiger partial charge in [0.05, 0.1) is 4.90 Å². The molecule has 1 aromatic carbocycles. The van der Waals surface area contributed by atoms with Crippen LogP contribution in [-0.2, 0) is 14.8 Å². The van der Waals surface area contributed by atoms with Crippen molar-refractivity contribution in [3.63, 3.8) is 0 Å². The first kappa shape index (κ1) is 16.5. The molecule has 5 nitrogen and oxygen atoms in total. The molecule has 1 aliphatic heterocycles. The molecule has 0 N–H and O–H groups in total. The number of nitrogens with zero attached hydrogens (tertiary/aromatic N) is 2. The molecule has 0 unspecified atom stereocenters. The fraction of sp³-hybridized carbons (Fsp3) is 0.588. The van der Waals surface area contributed by atoms with Gasteiger partial charge in [-0.1, -0.05) is 18.6 Å². The van der Waals surface area contributed by atoms with E-state index in [9.17, 15) is 13.2 Å². The van der Waals surface area contributed by atoms with Gasteiger partial charge in [-0.25, -0.2) is 8.42 Å². The molecule has 6 heteroatoms. The number of amides is 1. The lowest BCUT2D eigenvalue weighted by Crippen LogP contribution is -2.41. The average Bonchev–Trinajstić information content (AvgIpc) is 2.71. The fourth-order valence-electron chi connectivity index (χ4n) is 3.19. The Labute approximate surface area is 138 Å². The van der Waals surface area contributed by atoms with Crippen molar-refractivity contribution in [2.45, 2.75) is 37.5 Å². The molecule has 1 amide bonds. The van der Waals surface area contributed by atoms with Crippen molar-refractivity contribution >= 4 is 15.9 Å². The van der Waals surface area contributed by atoms with Gasteiger partial charge in [-0.2, -0.15) is 4.31 Å². The minimum Gasteiger partial charge on any atom is -0.341 e. The minimum absolute atomic E-state index is 0.176.